The molecule has 134 valence electrons. The normalized spacial score (nSPS) is 10.9. The molecule has 0 aliphatic carbocycles. The molecule has 0 bridgehead atoms. The molecule has 0 fully saturated rings. The van der Waals surface area contributed by atoms with E-state index in [0.29, 0.717) is 34.1 Å². The van der Waals surface area contributed by atoms with Gasteiger partial charge < -0.3 is 9.15 Å². The summed E-state index contributed by atoms with van der Waals surface area (Å²) in [6, 6.07) is 22.7. The van der Waals surface area contributed by atoms with Crippen molar-refractivity contribution in [2.75, 3.05) is 6.61 Å². The van der Waals surface area contributed by atoms with Crippen LogP contribution in [0.25, 0.3) is 33.2 Å². The van der Waals surface area contributed by atoms with Crippen molar-refractivity contribution in [3.8, 4) is 28.0 Å². The lowest BCUT2D eigenvalue weighted by molar-refractivity contribution is 0.340. The quantitative estimate of drug-likeness (QED) is 0.399. The first-order valence-corrected chi connectivity index (χ1v) is 9.11. The molecular weight excluding hydrogens is 360 g/mol. The maximum Gasteiger partial charge on any atom is 0.344 e. The molecule has 3 nitrogen and oxygen atoms in total. The van der Waals surface area contributed by atoms with Crippen LogP contribution in [0.4, 0.5) is 0 Å². The molecule has 1 aromatic heterocycles. The standard InChI is InChI=1S/C23H17ClO3/c1-2-26-16-12-13-18-20(14-16)27-23(25)22(17-10-6-7-11-19(17)24)21(18)15-8-4-3-5-9-15/h3-14H,2H2,1H3. The summed E-state index contributed by atoms with van der Waals surface area (Å²) in [5, 5.41) is 1.34. The van der Waals surface area contributed by atoms with Crippen molar-refractivity contribution in [2.45, 2.75) is 6.92 Å². The van der Waals surface area contributed by atoms with E-state index in [1.165, 1.54) is 0 Å². The minimum absolute atomic E-state index is 0.428. The van der Waals surface area contributed by atoms with Crippen LogP contribution in [0.5, 0.6) is 5.75 Å². The molecule has 0 N–H and O–H groups in total. The van der Waals surface area contributed by atoms with E-state index in [2.05, 4.69) is 0 Å². The van der Waals surface area contributed by atoms with Gasteiger partial charge in [0.2, 0.25) is 0 Å². The van der Waals surface area contributed by atoms with E-state index in [1.807, 2.05) is 67.6 Å². The molecule has 0 radical (unpaired) electrons. The largest absolute Gasteiger partial charge is 0.494 e. The zero-order valence-electron chi connectivity index (χ0n) is 14.7. The number of hydrogen-bond acceptors (Lipinski definition) is 3. The van der Waals surface area contributed by atoms with Crippen LogP contribution < -0.4 is 10.4 Å². The number of fused-ring (bicyclic) bond motifs is 1. The molecule has 4 heteroatoms. The molecule has 1 heterocycles. The molecule has 0 amide bonds. The van der Waals surface area contributed by atoms with E-state index in [1.54, 1.807) is 12.1 Å². The van der Waals surface area contributed by atoms with Gasteiger partial charge in [-0.1, -0.05) is 60.1 Å². The summed E-state index contributed by atoms with van der Waals surface area (Å²) in [5.74, 6) is 0.664. The second-order valence-electron chi connectivity index (χ2n) is 6.08. The Labute approximate surface area is 161 Å². The highest BCUT2D eigenvalue weighted by atomic mass is 35.5. The fourth-order valence-corrected chi connectivity index (χ4v) is 3.48. The number of hydrogen-bond donors (Lipinski definition) is 0. The van der Waals surface area contributed by atoms with Crippen LogP contribution in [-0.4, -0.2) is 6.61 Å². The van der Waals surface area contributed by atoms with Crippen molar-refractivity contribution >= 4 is 22.6 Å². The number of halogens is 1. The highest BCUT2D eigenvalue weighted by molar-refractivity contribution is 6.33. The third-order valence-corrected chi connectivity index (χ3v) is 4.73. The van der Waals surface area contributed by atoms with Gasteiger partial charge in [0.15, 0.2) is 0 Å². The average molecular weight is 377 g/mol. The number of ether oxygens (including phenoxy) is 1. The first-order chi connectivity index (χ1) is 13.2. The van der Waals surface area contributed by atoms with Crippen LogP contribution in [0.1, 0.15) is 6.92 Å². The second-order valence-corrected chi connectivity index (χ2v) is 6.48. The summed E-state index contributed by atoms with van der Waals surface area (Å²) in [6.07, 6.45) is 0. The molecule has 0 saturated heterocycles. The van der Waals surface area contributed by atoms with Gasteiger partial charge >= 0.3 is 5.63 Å². The van der Waals surface area contributed by atoms with Crippen LogP contribution in [-0.2, 0) is 0 Å². The molecule has 4 rings (SSSR count). The second kappa shape index (κ2) is 7.29. The lowest BCUT2D eigenvalue weighted by Gasteiger charge is -2.14. The molecule has 0 atom stereocenters. The first kappa shape index (κ1) is 17.4. The van der Waals surface area contributed by atoms with Crippen LogP contribution in [0.2, 0.25) is 5.02 Å². The Morgan fingerprint density at radius 3 is 2.41 bits per heavy atom. The highest BCUT2D eigenvalue weighted by Gasteiger charge is 2.20. The third-order valence-electron chi connectivity index (χ3n) is 4.40. The maximum atomic E-state index is 13.0. The van der Waals surface area contributed by atoms with E-state index < -0.39 is 5.63 Å². The van der Waals surface area contributed by atoms with Crippen molar-refractivity contribution in [3.05, 3.63) is 88.2 Å². The molecular formula is C23H17ClO3. The Morgan fingerprint density at radius 2 is 1.67 bits per heavy atom. The molecule has 4 aromatic rings. The smallest absolute Gasteiger partial charge is 0.344 e. The van der Waals surface area contributed by atoms with Gasteiger partial charge in [0.1, 0.15) is 11.3 Å². The van der Waals surface area contributed by atoms with Crippen LogP contribution in [0, 0.1) is 0 Å². The van der Waals surface area contributed by atoms with Crippen molar-refractivity contribution in [3.63, 3.8) is 0 Å². The zero-order valence-corrected chi connectivity index (χ0v) is 15.5. The van der Waals surface area contributed by atoms with Crippen molar-refractivity contribution < 1.29 is 9.15 Å². The number of rotatable bonds is 4. The molecule has 27 heavy (non-hydrogen) atoms. The summed E-state index contributed by atoms with van der Waals surface area (Å²) in [6.45, 7) is 2.45. The van der Waals surface area contributed by atoms with Gasteiger partial charge in [-0.15, -0.1) is 0 Å². The first-order valence-electron chi connectivity index (χ1n) is 8.73. The van der Waals surface area contributed by atoms with Crippen molar-refractivity contribution in [1.82, 2.24) is 0 Å². The predicted molar refractivity (Wildman–Crippen MR) is 110 cm³/mol. The minimum Gasteiger partial charge on any atom is -0.494 e. The Kier molecular flexibility index (Phi) is 4.69. The molecule has 0 unspecified atom stereocenters. The predicted octanol–water partition coefficient (Wildman–Crippen LogP) is 6.18. The van der Waals surface area contributed by atoms with E-state index in [0.717, 1.165) is 16.5 Å². The monoisotopic (exact) mass is 376 g/mol. The fraction of sp³-hybridized carbons (Fsp3) is 0.0870. The average Bonchev–Trinajstić information content (AvgIpc) is 2.68. The molecule has 0 saturated carbocycles. The summed E-state index contributed by atoms with van der Waals surface area (Å²) in [7, 11) is 0. The van der Waals surface area contributed by atoms with Gasteiger partial charge in [0, 0.05) is 27.6 Å². The Balaban J connectivity index is 2.11. The van der Waals surface area contributed by atoms with E-state index in [4.69, 9.17) is 20.8 Å². The van der Waals surface area contributed by atoms with Gasteiger partial charge in [-0.3, -0.25) is 0 Å². The third kappa shape index (κ3) is 3.22. The van der Waals surface area contributed by atoms with Gasteiger partial charge in [-0.2, -0.15) is 0 Å². The molecule has 3 aromatic carbocycles. The Bertz CT molecular complexity index is 1160. The lowest BCUT2D eigenvalue weighted by Crippen LogP contribution is -2.06. The molecule has 0 aliphatic rings. The van der Waals surface area contributed by atoms with Gasteiger partial charge in [-0.25, -0.2) is 4.79 Å². The zero-order chi connectivity index (χ0) is 18.8. The minimum atomic E-state index is -0.428. The van der Waals surface area contributed by atoms with E-state index >= 15 is 0 Å². The molecule has 0 aliphatic heterocycles. The lowest BCUT2D eigenvalue weighted by atomic mass is 9.93. The topological polar surface area (TPSA) is 39.4 Å². The Hall–Kier alpha value is -3.04. The van der Waals surface area contributed by atoms with Crippen LogP contribution >= 0.6 is 11.6 Å². The molecule has 0 spiro atoms. The number of benzene rings is 3. The maximum absolute atomic E-state index is 13.0. The van der Waals surface area contributed by atoms with Gasteiger partial charge in [0.05, 0.1) is 12.2 Å². The highest BCUT2D eigenvalue weighted by Crippen LogP contribution is 2.39. The van der Waals surface area contributed by atoms with Crippen molar-refractivity contribution in [1.29, 1.82) is 0 Å². The SMILES string of the molecule is CCOc1ccc2c(-c3ccccc3)c(-c3ccccc3Cl)c(=O)oc2c1. The summed E-state index contributed by atoms with van der Waals surface area (Å²) in [4.78, 5) is 13.0. The van der Waals surface area contributed by atoms with Crippen molar-refractivity contribution in [2.24, 2.45) is 0 Å². The fourth-order valence-electron chi connectivity index (χ4n) is 3.25. The Morgan fingerprint density at radius 1 is 0.926 bits per heavy atom. The summed E-state index contributed by atoms with van der Waals surface area (Å²) in [5.41, 5.74) is 2.90. The van der Waals surface area contributed by atoms with E-state index in [9.17, 15) is 4.79 Å². The van der Waals surface area contributed by atoms with Crippen LogP contribution in [0.15, 0.2) is 82.0 Å². The van der Waals surface area contributed by atoms with E-state index in [-0.39, 0.29) is 0 Å². The summed E-state index contributed by atoms with van der Waals surface area (Å²) < 4.78 is 11.2. The summed E-state index contributed by atoms with van der Waals surface area (Å²) >= 11 is 6.41. The van der Waals surface area contributed by atoms with Gasteiger partial charge in [0.25, 0.3) is 0 Å². The van der Waals surface area contributed by atoms with Gasteiger partial charge in [-0.05, 0) is 30.7 Å². The van der Waals surface area contributed by atoms with Crippen LogP contribution in [0.3, 0.4) is 0 Å².